The van der Waals surface area contributed by atoms with Gasteiger partial charge in [0.05, 0.1) is 6.54 Å². The topological polar surface area (TPSA) is 81.4 Å². The first-order valence-corrected chi connectivity index (χ1v) is 9.00. The van der Waals surface area contributed by atoms with E-state index in [2.05, 4.69) is 10.3 Å². The van der Waals surface area contributed by atoms with Gasteiger partial charge in [-0.3, -0.25) is 9.59 Å². The first kappa shape index (κ1) is 16.5. The number of fused-ring (bicyclic) bond motifs is 1. The van der Waals surface area contributed by atoms with Gasteiger partial charge in [-0.2, -0.15) is 0 Å². The molecular formula is C16H14N2O4S2. The zero-order chi connectivity index (χ0) is 16.8. The Kier molecular flexibility index (Phi) is 5.50. The number of nitrogens with one attached hydrogen (secondary N) is 1. The van der Waals surface area contributed by atoms with Crippen molar-refractivity contribution in [2.75, 3.05) is 12.4 Å². The number of rotatable bonds is 7. The Morgan fingerprint density at radius 3 is 2.92 bits per heavy atom. The van der Waals surface area contributed by atoms with Crippen LogP contribution in [-0.2, 0) is 20.9 Å². The van der Waals surface area contributed by atoms with Gasteiger partial charge in [0.1, 0.15) is 11.3 Å². The molecule has 3 aromatic rings. The standard InChI is InChI=1S/C16H14N2O4S2/c19-14(17-8-11-4-3-7-23-11)9-21-15(20)10-24-16-18-12-5-1-2-6-13(12)22-16/h1-7H,8-10H2,(H,17,19). The number of aromatic nitrogens is 1. The van der Waals surface area contributed by atoms with Gasteiger partial charge in [0, 0.05) is 4.88 Å². The lowest BCUT2D eigenvalue weighted by Gasteiger charge is -2.05. The lowest BCUT2D eigenvalue weighted by Crippen LogP contribution is -2.28. The molecule has 0 bridgehead atoms. The predicted octanol–water partition coefficient (Wildman–Crippen LogP) is 2.84. The maximum Gasteiger partial charge on any atom is 0.316 e. The highest BCUT2D eigenvalue weighted by molar-refractivity contribution is 7.99. The summed E-state index contributed by atoms with van der Waals surface area (Å²) in [5, 5.41) is 5.02. The molecular weight excluding hydrogens is 348 g/mol. The highest BCUT2D eigenvalue weighted by Gasteiger charge is 2.11. The maximum absolute atomic E-state index is 11.7. The normalized spacial score (nSPS) is 10.7. The van der Waals surface area contributed by atoms with Gasteiger partial charge in [-0.15, -0.1) is 11.3 Å². The Labute approximate surface area is 146 Å². The number of benzene rings is 1. The number of ether oxygens (including phenoxy) is 1. The van der Waals surface area contributed by atoms with Crippen molar-refractivity contribution in [2.24, 2.45) is 0 Å². The van der Waals surface area contributed by atoms with E-state index >= 15 is 0 Å². The average Bonchev–Trinajstić information content (AvgIpc) is 3.25. The van der Waals surface area contributed by atoms with Crippen molar-refractivity contribution in [3.05, 3.63) is 46.7 Å². The fourth-order valence-corrected chi connectivity index (χ4v) is 3.15. The second kappa shape index (κ2) is 7.98. The smallest absolute Gasteiger partial charge is 0.316 e. The van der Waals surface area contributed by atoms with Crippen molar-refractivity contribution in [3.8, 4) is 0 Å². The van der Waals surface area contributed by atoms with E-state index in [0.29, 0.717) is 17.4 Å². The molecule has 0 spiro atoms. The van der Waals surface area contributed by atoms with E-state index in [1.165, 1.54) is 0 Å². The molecule has 124 valence electrons. The number of carbonyl (C=O) groups is 2. The van der Waals surface area contributed by atoms with Crippen LogP contribution in [0.25, 0.3) is 11.1 Å². The van der Waals surface area contributed by atoms with Gasteiger partial charge < -0.3 is 14.5 Å². The molecule has 6 nitrogen and oxygen atoms in total. The fraction of sp³-hybridized carbons (Fsp3) is 0.188. The van der Waals surface area contributed by atoms with Crippen LogP contribution in [0.15, 0.2) is 51.4 Å². The van der Waals surface area contributed by atoms with Crippen LogP contribution in [0.5, 0.6) is 0 Å². The Bertz CT molecular complexity index is 797. The summed E-state index contributed by atoms with van der Waals surface area (Å²) in [7, 11) is 0. The van der Waals surface area contributed by atoms with Crippen molar-refractivity contribution >= 4 is 46.1 Å². The predicted molar refractivity (Wildman–Crippen MR) is 91.9 cm³/mol. The highest BCUT2D eigenvalue weighted by Crippen LogP contribution is 2.23. The molecule has 0 radical (unpaired) electrons. The Balaban J connectivity index is 1.38. The third-order valence-electron chi connectivity index (χ3n) is 2.99. The van der Waals surface area contributed by atoms with Crippen LogP contribution >= 0.6 is 23.1 Å². The van der Waals surface area contributed by atoms with Crippen LogP contribution < -0.4 is 5.32 Å². The summed E-state index contributed by atoms with van der Waals surface area (Å²) in [5.41, 5.74) is 1.41. The van der Waals surface area contributed by atoms with E-state index in [1.54, 1.807) is 11.3 Å². The first-order valence-electron chi connectivity index (χ1n) is 7.14. The van der Waals surface area contributed by atoms with Gasteiger partial charge in [0.2, 0.25) is 0 Å². The van der Waals surface area contributed by atoms with Crippen LogP contribution in [0, 0.1) is 0 Å². The molecule has 1 N–H and O–H groups in total. The Morgan fingerprint density at radius 2 is 2.12 bits per heavy atom. The number of nitrogens with zero attached hydrogens (tertiary/aromatic N) is 1. The van der Waals surface area contributed by atoms with Crippen LogP contribution in [-0.4, -0.2) is 29.2 Å². The van der Waals surface area contributed by atoms with Crippen LogP contribution in [0.1, 0.15) is 4.88 Å². The van der Waals surface area contributed by atoms with E-state index < -0.39 is 5.97 Å². The minimum absolute atomic E-state index is 0.0328. The molecule has 0 saturated heterocycles. The summed E-state index contributed by atoms with van der Waals surface area (Å²) in [6.45, 7) is 0.143. The molecule has 2 aromatic heterocycles. The lowest BCUT2D eigenvalue weighted by atomic mass is 10.3. The molecule has 2 heterocycles. The number of carbonyl (C=O) groups excluding carboxylic acids is 2. The summed E-state index contributed by atoms with van der Waals surface area (Å²) < 4.78 is 10.4. The van der Waals surface area contributed by atoms with Crippen molar-refractivity contribution in [1.82, 2.24) is 10.3 Å². The summed E-state index contributed by atoms with van der Waals surface area (Å²) in [6.07, 6.45) is 0. The third-order valence-corrected chi connectivity index (χ3v) is 4.67. The number of oxazole rings is 1. The molecule has 0 aliphatic carbocycles. The van der Waals surface area contributed by atoms with Gasteiger partial charge in [-0.05, 0) is 23.6 Å². The maximum atomic E-state index is 11.7. The molecule has 1 amide bonds. The molecule has 1 aromatic carbocycles. The van der Waals surface area contributed by atoms with E-state index in [9.17, 15) is 9.59 Å². The summed E-state index contributed by atoms with van der Waals surface area (Å²) >= 11 is 2.69. The van der Waals surface area contributed by atoms with Gasteiger partial charge in [-0.25, -0.2) is 4.98 Å². The fourth-order valence-electron chi connectivity index (χ4n) is 1.87. The van der Waals surface area contributed by atoms with Crippen molar-refractivity contribution in [1.29, 1.82) is 0 Å². The molecule has 0 unspecified atom stereocenters. The van der Waals surface area contributed by atoms with Gasteiger partial charge in [-0.1, -0.05) is 30.0 Å². The SMILES string of the molecule is O=C(COC(=O)CSc1nc2ccccc2o1)NCc1cccs1. The molecule has 0 aliphatic heterocycles. The van der Waals surface area contributed by atoms with Crippen molar-refractivity contribution < 1.29 is 18.7 Å². The number of thioether (sulfide) groups is 1. The largest absolute Gasteiger partial charge is 0.455 e. The number of para-hydroxylation sites is 2. The third kappa shape index (κ3) is 4.59. The van der Waals surface area contributed by atoms with Gasteiger partial charge in [0.15, 0.2) is 12.2 Å². The number of hydrogen-bond acceptors (Lipinski definition) is 7. The van der Waals surface area contributed by atoms with Gasteiger partial charge >= 0.3 is 5.97 Å². The number of hydrogen-bond donors (Lipinski definition) is 1. The molecule has 24 heavy (non-hydrogen) atoms. The minimum atomic E-state index is -0.492. The number of amides is 1. The van der Waals surface area contributed by atoms with Crippen LogP contribution in [0.2, 0.25) is 0 Å². The molecule has 0 fully saturated rings. The Morgan fingerprint density at radius 1 is 1.25 bits per heavy atom. The van der Waals surface area contributed by atoms with E-state index in [4.69, 9.17) is 9.15 Å². The zero-order valence-electron chi connectivity index (χ0n) is 12.6. The number of thiophene rings is 1. The second-order valence-electron chi connectivity index (χ2n) is 4.75. The molecule has 0 aliphatic rings. The quantitative estimate of drug-likeness (QED) is 0.514. The Hall–Kier alpha value is -2.32. The van der Waals surface area contributed by atoms with E-state index in [1.807, 2.05) is 41.8 Å². The first-order chi connectivity index (χ1) is 11.7. The molecule has 3 rings (SSSR count). The van der Waals surface area contributed by atoms with Crippen LogP contribution in [0.4, 0.5) is 0 Å². The average molecular weight is 362 g/mol. The molecule has 0 atom stereocenters. The molecule has 8 heteroatoms. The van der Waals surface area contributed by atoms with E-state index in [0.717, 1.165) is 22.2 Å². The monoisotopic (exact) mass is 362 g/mol. The van der Waals surface area contributed by atoms with Crippen molar-refractivity contribution in [2.45, 2.75) is 11.8 Å². The number of esters is 1. The van der Waals surface area contributed by atoms with Crippen molar-refractivity contribution in [3.63, 3.8) is 0 Å². The molecule has 0 saturated carbocycles. The summed E-state index contributed by atoms with van der Waals surface area (Å²) in [6, 6.07) is 11.2. The van der Waals surface area contributed by atoms with Gasteiger partial charge in [0.25, 0.3) is 11.1 Å². The van der Waals surface area contributed by atoms with Crippen LogP contribution in [0.3, 0.4) is 0 Å². The highest BCUT2D eigenvalue weighted by atomic mass is 32.2. The zero-order valence-corrected chi connectivity index (χ0v) is 14.2. The summed E-state index contributed by atoms with van der Waals surface area (Å²) in [5.74, 6) is -0.789. The lowest BCUT2D eigenvalue weighted by molar-refractivity contribution is -0.145. The summed E-state index contributed by atoms with van der Waals surface area (Å²) in [4.78, 5) is 28.6. The van der Waals surface area contributed by atoms with E-state index in [-0.39, 0.29) is 18.3 Å². The minimum Gasteiger partial charge on any atom is -0.455 e. The second-order valence-corrected chi connectivity index (χ2v) is 6.71.